The number of nitrogens with two attached hydrogens (primary N) is 1. The molecule has 0 saturated carbocycles. The van der Waals surface area contributed by atoms with E-state index in [0.717, 1.165) is 11.3 Å². The lowest BCUT2D eigenvalue weighted by Gasteiger charge is -2.06. The fourth-order valence-corrected chi connectivity index (χ4v) is 1.77. The standard InChI is InChI=1S/C17H19FN2O3/c1-21-15-7-3-13(4-8-15)17(19)20-23-12-2-11-22-16-9-5-14(18)6-10-16/h3-10H,2,11-12H2,1H3,(H2,19,20). The summed E-state index contributed by atoms with van der Waals surface area (Å²) in [6.07, 6.45) is 0.636. The Hall–Kier alpha value is -2.76. The Morgan fingerprint density at radius 3 is 2.30 bits per heavy atom. The van der Waals surface area contributed by atoms with Crippen molar-refractivity contribution in [3.8, 4) is 11.5 Å². The van der Waals surface area contributed by atoms with E-state index in [1.54, 1.807) is 43.5 Å². The Morgan fingerprint density at radius 1 is 1.00 bits per heavy atom. The molecule has 2 rings (SSSR count). The minimum Gasteiger partial charge on any atom is -0.497 e. The van der Waals surface area contributed by atoms with E-state index in [1.807, 2.05) is 0 Å². The summed E-state index contributed by atoms with van der Waals surface area (Å²) in [6.45, 7) is 0.821. The van der Waals surface area contributed by atoms with Gasteiger partial charge >= 0.3 is 0 Å². The molecule has 5 nitrogen and oxygen atoms in total. The van der Waals surface area contributed by atoms with Gasteiger partial charge in [0.2, 0.25) is 0 Å². The summed E-state index contributed by atoms with van der Waals surface area (Å²) in [6, 6.07) is 13.1. The molecule has 122 valence electrons. The molecule has 0 radical (unpaired) electrons. The van der Waals surface area contributed by atoms with Crippen molar-refractivity contribution >= 4 is 5.84 Å². The number of ether oxygens (including phenoxy) is 2. The van der Waals surface area contributed by atoms with Gasteiger partial charge in [0.05, 0.1) is 13.7 Å². The first-order chi connectivity index (χ1) is 11.2. The average Bonchev–Trinajstić information content (AvgIpc) is 2.59. The molecule has 0 aliphatic carbocycles. The molecule has 0 aliphatic heterocycles. The highest BCUT2D eigenvalue weighted by atomic mass is 19.1. The summed E-state index contributed by atoms with van der Waals surface area (Å²) in [7, 11) is 1.60. The molecule has 2 aromatic carbocycles. The van der Waals surface area contributed by atoms with E-state index < -0.39 is 0 Å². The topological polar surface area (TPSA) is 66.1 Å². The number of rotatable bonds is 8. The number of methoxy groups -OCH3 is 1. The molecule has 6 heteroatoms. The van der Waals surface area contributed by atoms with Crippen molar-refractivity contribution in [1.29, 1.82) is 0 Å². The number of oxime groups is 1. The molecule has 2 N–H and O–H groups in total. The number of halogens is 1. The van der Waals surface area contributed by atoms with Gasteiger partial charge in [-0.15, -0.1) is 0 Å². The Balaban J connectivity index is 1.68. The van der Waals surface area contributed by atoms with Crippen molar-refractivity contribution in [2.75, 3.05) is 20.3 Å². The van der Waals surface area contributed by atoms with Gasteiger partial charge in [-0.2, -0.15) is 0 Å². The van der Waals surface area contributed by atoms with Gasteiger partial charge < -0.3 is 20.0 Å². The van der Waals surface area contributed by atoms with E-state index in [4.69, 9.17) is 20.0 Å². The third kappa shape index (κ3) is 5.50. The maximum Gasteiger partial charge on any atom is 0.170 e. The van der Waals surface area contributed by atoms with Gasteiger partial charge in [0.1, 0.15) is 23.9 Å². The van der Waals surface area contributed by atoms with Crippen LogP contribution in [0.3, 0.4) is 0 Å². The molecule has 0 saturated heterocycles. The Morgan fingerprint density at radius 2 is 1.65 bits per heavy atom. The van der Waals surface area contributed by atoms with Crippen LogP contribution in [-0.2, 0) is 4.84 Å². The molecule has 23 heavy (non-hydrogen) atoms. The van der Waals surface area contributed by atoms with Crippen molar-refractivity contribution in [1.82, 2.24) is 0 Å². The molecular weight excluding hydrogens is 299 g/mol. The van der Waals surface area contributed by atoms with Crippen LogP contribution in [0, 0.1) is 5.82 Å². The summed E-state index contributed by atoms with van der Waals surface area (Å²) in [5.41, 5.74) is 6.58. The van der Waals surface area contributed by atoms with Crippen LogP contribution in [0.15, 0.2) is 53.7 Å². The van der Waals surface area contributed by atoms with Crippen LogP contribution in [0.4, 0.5) is 4.39 Å². The van der Waals surface area contributed by atoms with Gasteiger partial charge in [-0.1, -0.05) is 5.16 Å². The predicted molar refractivity (Wildman–Crippen MR) is 86.2 cm³/mol. The average molecular weight is 318 g/mol. The van der Waals surface area contributed by atoms with Crippen LogP contribution < -0.4 is 15.2 Å². The molecule has 0 fully saturated rings. The second-order valence-electron chi connectivity index (χ2n) is 4.69. The second kappa shape index (κ2) is 8.63. The zero-order valence-corrected chi connectivity index (χ0v) is 12.9. The molecule has 0 spiro atoms. The minimum atomic E-state index is -0.288. The summed E-state index contributed by atoms with van der Waals surface area (Å²) in [5.74, 6) is 1.38. The molecular formula is C17H19FN2O3. The number of hydrogen-bond acceptors (Lipinski definition) is 4. The second-order valence-corrected chi connectivity index (χ2v) is 4.69. The third-order valence-corrected chi connectivity index (χ3v) is 3.01. The van der Waals surface area contributed by atoms with E-state index in [2.05, 4.69) is 5.16 Å². The highest BCUT2D eigenvalue weighted by molar-refractivity contribution is 5.97. The number of benzene rings is 2. The molecule has 0 aromatic heterocycles. The molecule has 0 aliphatic rings. The fraction of sp³-hybridized carbons (Fsp3) is 0.235. The van der Waals surface area contributed by atoms with Crippen LogP contribution in [0.5, 0.6) is 11.5 Å². The van der Waals surface area contributed by atoms with Crippen LogP contribution in [0.25, 0.3) is 0 Å². The van der Waals surface area contributed by atoms with E-state index >= 15 is 0 Å². The largest absolute Gasteiger partial charge is 0.497 e. The maximum absolute atomic E-state index is 12.7. The van der Waals surface area contributed by atoms with E-state index in [-0.39, 0.29) is 5.82 Å². The highest BCUT2D eigenvalue weighted by Crippen LogP contribution is 2.12. The Bertz CT molecular complexity index is 627. The van der Waals surface area contributed by atoms with Gasteiger partial charge in [0.15, 0.2) is 5.84 Å². The first kappa shape index (κ1) is 16.6. The number of amidine groups is 1. The lowest BCUT2D eigenvalue weighted by Crippen LogP contribution is -2.14. The van der Waals surface area contributed by atoms with Crippen molar-refractivity contribution in [2.45, 2.75) is 6.42 Å². The Kier molecular flexibility index (Phi) is 6.23. The fourth-order valence-electron chi connectivity index (χ4n) is 1.77. The highest BCUT2D eigenvalue weighted by Gasteiger charge is 2.00. The van der Waals surface area contributed by atoms with Crippen LogP contribution in [-0.4, -0.2) is 26.2 Å². The van der Waals surface area contributed by atoms with Crippen molar-refractivity contribution < 1.29 is 18.7 Å². The van der Waals surface area contributed by atoms with Gasteiger partial charge in [0, 0.05) is 12.0 Å². The zero-order valence-electron chi connectivity index (χ0n) is 12.9. The monoisotopic (exact) mass is 318 g/mol. The van der Waals surface area contributed by atoms with Gasteiger partial charge in [-0.05, 0) is 48.5 Å². The minimum absolute atomic E-state index is 0.288. The Labute approximate surface area is 134 Å². The summed E-state index contributed by atoms with van der Waals surface area (Å²) in [4.78, 5) is 5.16. The SMILES string of the molecule is COc1ccc(/C(N)=N/OCCCOc2ccc(F)cc2)cc1. The lowest BCUT2D eigenvalue weighted by molar-refractivity contribution is 0.127. The summed E-state index contributed by atoms with van der Waals surface area (Å²) < 4.78 is 23.2. The van der Waals surface area contributed by atoms with E-state index in [0.29, 0.717) is 31.2 Å². The molecule has 0 heterocycles. The van der Waals surface area contributed by atoms with Gasteiger partial charge in [0.25, 0.3) is 0 Å². The smallest absolute Gasteiger partial charge is 0.170 e. The van der Waals surface area contributed by atoms with Crippen molar-refractivity contribution in [2.24, 2.45) is 10.9 Å². The third-order valence-electron chi connectivity index (χ3n) is 3.01. The zero-order chi connectivity index (χ0) is 16.5. The maximum atomic E-state index is 12.7. The first-order valence-electron chi connectivity index (χ1n) is 7.17. The number of hydrogen-bond donors (Lipinski definition) is 1. The summed E-state index contributed by atoms with van der Waals surface area (Å²) >= 11 is 0. The summed E-state index contributed by atoms with van der Waals surface area (Å²) in [5, 5.41) is 3.85. The van der Waals surface area contributed by atoms with Gasteiger partial charge in [-0.25, -0.2) is 4.39 Å². The molecule has 0 bridgehead atoms. The predicted octanol–water partition coefficient (Wildman–Crippen LogP) is 2.94. The lowest BCUT2D eigenvalue weighted by atomic mass is 10.2. The van der Waals surface area contributed by atoms with Crippen LogP contribution in [0.1, 0.15) is 12.0 Å². The van der Waals surface area contributed by atoms with Crippen molar-refractivity contribution in [3.05, 3.63) is 59.9 Å². The normalized spacial score (nSPS) is 11.1. The quantitative estimate of drug-likeness (QED) is 0.352. The first-order valence-corrected chi connectivity index (χ1v) is 7.17. The van der Waals surface area contributed by atoms with E-state index in [9.17, 15) is 4.39 Å². The van der Waals surface area contributed by atoms with Crippen molar-refractivity contribution in [3.63, 3.8) is 0 Å². The molecule has 0 atom stereocenters. The van der Waals surface area contributed by atoms with Gasteiger partial charge in [-0.3, -0.25) is 0 Å². The van der Waals surface area contributed by atoms with Crippen LogP contribution >= 0.6 is 0 Å². The molecule has 0 amide bonds. The van der Waals surface area contributed by atoms with E-state index in [1.165, 1.54) is 12.1 Å². The molecule has 0 unspecified atom stereocenters. The van der Waals surface area contributed by atoms with Crippen LogP contribution in [0.2, 0.25) is 0 Å². The molecule has 2 aromatic rings. The number of nitrogens with zero attached hydrogens (tertiary/aromatic N) is 1.